The summed E-state index contributed by atoms with van der Waals surface area (Å²) in [6.07, 6.45) is 4.29. The Morgan fingerprint density at radius 1 is 1.07 bits per heavy atom. The number of anilines is 1. The summed E-state index contributed by atoms with van der Waals surface area (Å²) in [4.78, 5) is 9.40. The molecule has 29 heavy (non-hydrogen) atoms. The van der Waals surface area contributed by atoms with Crippen molar-refractivity contribution in [3.05, 3.63) is 54.2 Å². The second-order valence-corrected chi connectivity index (χ2v) is 9.48. The van der Waals surface area contributed by atoms with E-state index in [1.807, 2.05) is 26.0 Å². The van der Waals surface area contributed by atoms with Gasteiger partial charge in [0, 0.05) is 45.0 Å². The average Bonchev–Trinajstić information content (AvgIpc) is 2.94. The van der Waals surface area contributed by atoms with Crippen LogP contribution in [-0.2, 0) is 16.6 Å². The number of pyridine rings is 1. The summed E-state index contributed by atoms with van der Waals surface area (Å²) in [5.74, 6) is 0.840. The van der Waals surface area contributed by atoms with Gasteiger partial charge >= 0.3 is 0 Å². The largest absolute Gasteiger partial charge is 0.355 e. The van der Waals surface area contributed by atoms with E-state index in [2.05, 4.69) is 43.8 Å². The number of nitrogens with one attached hydrogen (secondary N) is 1. The third-order valence-corrected chi connectivity index (χ3v) is 6.85. The zero-order valence-electron chi connectivity index (χ0n) is 17.4. The molecule has 1 aliphatic heterocycles. The molecule has 1 aromatic heterocycles. The van der Waals surface area contributed by atoms with E-state index in [-0.39, 0.29) is 10.9 Å². The molecule has 0 bridgehead atoms. The van der Waals surface area contributed by atoms with Crippen LogP contribution in [0.4, 0.5) is 5.82 Å². The highest BCUT2D eigenvalue weighted by Crippen LogP contribution is 2.18. The van der Waals surface area contributed by atoms with E-state index in [9.17, 15) is 8.42 Å². The first-order chi connectivity index (χ1) is 14.0. The first-order valence-electron chi connectivity index (χ1n) is 10.5. The van der Waals surface area contributed by atoms with Crippen LogP contribution in [0.2, 0.25) is 0 Å². The van der Waals surface area contributed by atoms with Gasteiger partial charge in [-0.3, -0.25) is 4.90 Å². The lowest BCUT2D eigenvalue weighted by molar-refractivity contribution is 0.285. The minimum absolute atomic E-state index is 0.0779. The van der Waals surface area contributed by atoms with Gasteiger partial charge in [0.05, 0.1) is 0 Å². The maximum absolute atomic E-state index is 12.5. The van der Waals surface area contributed by atoms with Gasteiger partial charge in [0.2, 0.25) is 10.0 Å². The highest BCUT2D eigenvalue weighted by atomic mass is 32.2. The smallest absolute Gasteiger partial charge is 0.242 e. The molecule has 1 N–H and O–H groups in total. The van der Waals surface area contributed by atoms with Crippen molar-refractivity contribution in [3.63, 3.8) is 0 Å². The summed E-state index contributed by atoms with van der Waals surface area (Å²) in [5, 5.41) is 0. The lowest BCUT2D eigenvalue weighted by Crippen LogP contribution is -2.33. The molecule has 0 radical (unpaired) electrons. The van der Waals surface area contributed by atoms with Gasteiger partial charge in [-0.1, -0.05) is 43.7 Å². The molecule has 1 fully saturated rings. The number of hydrogen-bond acceptors (Lipinski definition) is 5. The van der Waals surface area contributed by atoms with E-state index in [1.54, 1.807) is 6.07 Å². The van der Waals surface area contributed by atoms with Crippen LogP contribution in [0.25, 0.3) is 0 Å². The third-order valence-electron chi connectivity index (χ3n) is 5.27. The molecular weight excluding hydrogens is 384 g/mol. The summed E-state index contributed by atoms with van der Waals surface area (Å²) in [7, 11) is -3.52. The number of aromatic nitrogens is 1. The van der Waals surface area contributed by atoms with Crippen LogP contribution in [-0.4, -0.2) is 50.5 Å². The Morgan fingerprint density at radius 2 is 1.86 bits per heavy atom. The van der Waals surface area contributed by atoms with Gasteiger partial charge < -0.3 is 4.90 Å². The summed E-state index contributed by atoms with van der Waals surface area (Å²) in [6.45, 7) is 8.73. The number of rotatable bonds is 8. The standard InChI is InChI=1S/C22H32N4O2S/c1-3-8-19(2)24-29(27,28)21-11-12-22(23-17-21)26-14-7-13-25(15-16-26)18-20-9-5-4-6-10-20/h4-6,9-12,17,19,24H,3,7-8,13-16,18H2,1-2H3. The van der Waals surface area contributed by atoms with E-state index in [0.717, 1.165) is 57.8 Å². The maximum atomic E-state index is 12.5. The first kappa shape index (κ1) is 21.7. The van der Waals surface area contributed by atoms with Crippen LogP contribution in [0.5, 0.6) is 0 Å². The SMILES string of the molecule is CCCC(C)NS(=O)(=O)c1ccc(N2CCCN(Cc3ccccc3)CC2)nc1. The molecule has 0 saturated carbocycles. The van der Waals surface area contributed by atoms with Gasteiger partial charge in [-0.25, -0.2) is 18.1 Å². The molecular formula is C22H32N4O2S. The fraction of sp³-hybridized carbons (Fsp3) is 0.500. The van der Waals surface area contributed by atoms with Crippen molar-refractivity contribution in [1.82, 2.24) is 14.6 Å². The number of nitrogens with zero attached hydrogens (tertiary/aromatic N) is 3. The van der Waals surface area contributed by atoms with E-state index in [0.29, 0.717) is 0 Å². The lowest BCUT2D eigenvalue weighted by Gasteiger charge is -2.23. The van der Waals surface area contributed by atoms with E-state index < -0.39 is 10.0 Å². The predicted molar refractivity (Wildman–Crippen MR) is 117 cm³/mol. The fourth-order valence-electron chi connectivity index (χ4n) is 3.74. The molecule has 2 heterocycles. The van der Waals surface area contributed by atoms with Crippen LogP contribution in [0, 0.1) is 0 Å². The zero-order valence-corrected chi connectivity index (χ0v) is 18.2. The fourth-order valence-corrected chi connectivity index (χ4v) is 4.97. The molecule has 0 aliphatic carbocycles. The first-order valence-corrected chi connectivity index (χ1v) is 12.0. The Balaban J connectivity index is 1.60. The van der Waals surface area contributed by atoms with Crippen molar-refractivity contribution < 1.29 is 8.42 Å². The van der Waals surface area contributed by atoms with E-state index in [4.69, 9.17) is 0 Å². The Kier molecular flexibility index (Phi) is 7.64. The van der Waals surface area contributed by atoms with Crippen LogP contribution in [0.15, 0.2) is 53.6 Å². The van der Waals surface area contributed by atoms with Crippen LogP contribution < -0.4 is 9.62 Å². The van der Waals surface area contributed by atoms with E-state index in [1.165, 1.54) is 11.8 Å². The molecule has 1 aliphatic rings. The Labute approximate surface area is 175 Å². The van der Waals surface area contributed by atoms with E-state index >= 15 is 0 Å². The number of benzene rings is 1. The molecule has 1 saturated heterocycles. The second-order valence-electron chi connectivity index (χ2n) is 7.77. The molecule has 1 aromatic carbocycles. The predicted octanol–water partition coefficient (Wildman–Crippen LogP) is 3.26. The topological polar surface area (TPSA) is 65.5 Å². The highest BCUT2D eigenvalue weighted by Gasteiger charge is 2.20. The quantitative estimate of drug-likeness (QED) is 0.716. The Hall–Kier alpha value is -1.96. The van der Waals surface area contributed by atoms with Crippen molar-refractivity contribution in [2.75, 3.05) is 31.1 Å². The maximum Gasteiger partial charge on any atom is 0.242 e. The normalized spacial score (nSPS) is 17.1. The van der Waals surface area contributed by atoms with Crippen LogP contribution in [0.1, 0.15) is 38.7 Å². The van der Waals surface area contributed by atoms with Gasteiger partial charge in [-0.2, -0.15) is 0 Å². The minimum Gasteiger partial charge on any atom is -0.355 e. The average molecular weight is 417 g/mol. The molecule has 7 heteroatoms. The Bertz CT molecular complexity index is 856. The summed E-state index contributed by atoms with van der Waals surface area (Å²) >= 11 is 0. The molecule has 6 nitrogen and oxygen atoms in total. The van der Waals surface area contributed by atoms with Crippen molar-refractivity contribution in [3.8, 4) is 0 Å². The molecule has 0 amide bonds. The molecule has 2 aromatic rings. The van der Waals surface area contributed by atoms with Crippen molar-refractivity contribution >= 4 is 15.8 Å². The summed E-state index contributed by atoms with van der Waals surface area (Å²) in [6, 6.07) is 13.9. The van der Waals surface area contributed by atoms with Gasteiger partial charge in [0.25, 0.3) is 0 Å². The summed E-state index contributed by atoms with van der Waals surface area (Å²) < 4.78 is 27.7. The van der Waals surface area contributed by atoms with Crippen LogP contribution in [0.3, 0.4) is 0 Å². The zero-order chi connectivity index (χ0) is 20.7. The monoisotopic (exact) mass is 416 g/mol. The van der Waals surface area contributed by atoms with Gasteiger partial charge in [0.1, 0.15) is 10.7 Å². The van der Waals surface area contributed by atoms with Gasteiger partial charge in [0.15, 0.2) is 0 Å². The number of hydrogen-bond donors (Lipinski definition) is 1. The third kappa shape index (κ3) is 6.26. The van der Waals surface area contributed by atoms with Crippen molar-refractivity contribution in [2.45, 2.75) is 50.6 Å². The second kappa shape index (κ2) is 10.2. The molecule has 1 unspecified atom stereocenters. The highest BCUT2D eigenvalue weighted by molar-refractivity contribution is 7.89. The molecule has 3 rings (SSSR count). The lowest BCUT2D eigenvalue weighted by atomic mass is 10.2. The summed E-state index contributed by atoms with van der Waals surface area (Å²) in [5.41, 5.74) is 1.33. The minimum atomic E-state index is -3.52. The number of sulfonamides is 1. The van der Waals surface area contributed by atoms with Crippen LogP contribution >= 0.6 is 0 Å². The Morgan fingerprint density at radius 3 is 2.55 bits per heavy atom. The van der Waals surface area contributed by atoms with Gasteiger partial charge in [-0.15, -0.1) is 0 Å². The molecule has 158 valence electrons. The molecule has 1 atom stereocenters. The van der Waals surface area contributed by atoms with Gasteiger partial charge in [-0.05, 0) is 37.5 Å². The van der Waals surface area contributed by atoms with Crippen molar-refractivity contribution in [1.29, 1.82) is 0 Å². The molecule has 0 spiro atoms. The van der Waals surface area contributed by atoms with Crippen molar-refractivity contribution in [2.24, 2.45) is 0 Å².